The summed E-state index contributed by atoms with van der Waals surface area (Å²) in [6.45, 7) is 2.56. The zero-order chi connectivity index (χ0) is 18.3. The van der Waals surface area contributed by atoms with E-state index in [9.17, 15) is 0 Å². The van der Waals surface area contributed by atoms with Gasteiger partial charge in [-0.05, 0) is 35.7 Å². The molecule has 1 heterocycles. The van der Waals surface area contributed by atoms with Crippen LogP contribution in [0.15, 0.2) is 84.9 Å². The highest BCUT2D eigenvalue weighted by Crippen LogP contribution is 2.32. The third-order valence-corrected chi connectivity index (χ3v) is 5.02. The van der Waals surface area contributed by atoms with Gasteiger partial charge in [-0.1, -0.05) is 66.7 Å². The standard InChI is InChI=1S/C24H25NO2/c1-3-9-19(10-4-1)22(24-18-25-15-16-26-24)17-20-11-7-8-14-23(20)27-21-12-5-2-6-13-21/h1-14,22,24-25H,15-18H2. The molecule has 2 atom stereocenters. The summed E-state index contributed by atoms with van der Waals surface area (Å²) in [5.74, 6) is 2.05. The summed E-state index contributed by atoms with van der Waals surface area (Å²) in [6, 6.07) is 28.9. The Hall–Kier alpha value is -2.62. The van der Waals surface area contributed by atoms with Crippen LogP contribution in [0.1, 0.15) is 17.0 Å². The molecule has 3 aromatic carbocycles. The van der Waals surface area contributed by atoms with E-state index in [0.29, 0.717) is 0 Å². The molecule has 0 saturated carbocycles. The van der Waals surface area contributed by atoms with Gasteiger partial charge in [-0.25, -0.2) is 0 Å². The maximum Gasteiger partial charge on any atom is 0.130 e. The van der Waals surface area contributed by atoms with E-state index in [0.717, 1.165) is 37.6 Å². The van der Waals surface area contributed by atoms with Crippen molar-refractivity contribution >= 4 is 0 Å². The number of hydrogen-bond acceptors (Lipinski definition) is 3. The van der Waals surface area contributed by atoms with Crippen LogP contribution in [0.5, 0.6) is 11.5 Å². The normalized spacial score (nSPS) is 18.0. The second-order valence-corrected chi connectivity index (χ2v) is 6.86. The molecular formula is C24H25NO2. The SMILES string of the molecule is c1ccc(Oc2ccccc2CC(c2ccccc2)C2CNCCO2)cc1. The molecule has 1 aliphatic heterocycles. The summed E-state index contributed by atoms with van der Waals surface area (Å²) in [4.78, 5) is 0. The molecular weight excluding hydrogens is 334 g/mol. The van der Waals surface area contributed by atoms with Crippen LogP contribution in [0, 0.1) is 0 Å². The van der Waals surface area contributed by atoms with Gasteiger partial charge >= 0.3 is 0 Å². The van der Waals surface area contributed by atoms with E-state index >= 15 is 0 Å². The summed E-state index contributed by atoms with van der Waals surface area (Å²) in [5, 5.41) is 3.47. The number of morpholine rings is 1. The zero-order valence-electron chi connectivity index (χ0n) is 15.4. The van der Waals surface area contributed by atoms with Crippen LogP contribution in [0.4, 0.5) is 0 Å². The van der Waals surface area contributed by atoms with Gasteiger partial charge < -0.3 is 14.8 Å². The second kappa shape index (κ2) is 8.85. The van der Waals surface area contributed by atoms with Gasteiger partial charge in [-0.15, -0.1) is 0 Å². The van der Waals surface area contributed by atoms with Crippen molar-refractivity contribution in [3.05, 3.63) is 96.1 Å². The van der Waals surface area contributed by atoms with Crippen LogP contribution < -0.4 is 10.1 Å². The summed E-state index contributed by atoms with van der Waals surface area (Å²) in [7, 11) is 0. The molecule has 1 fully saturated rings. The molecule has 0 spiro atoms. The van der Waals surface area contributed by atoms with Crippen LogP contribution in [0.3, 0.4) is 0 Å². The molecule has 1 saturated heterocycles. The molecule has 2 unspecified atom stereocenters. The van der Waals surface area contributed by atoms with E-state index in [1.165, 1.54) is 11.1 Å². The van der Waals surface area contributed by atoms with Crippen molar-refractivity contribution in [1.82, 2.24) is 5.32 Å². The van der Waals surface area contributed by atoms with E-state index in [2.05, 4.69) is 47.8 Å². The Bertz CT molecular complexity index is 829. The van der Waals surface area contributed by atoms with E-state index in [-0.39, 0.29) is 12.0 Å². The Kier molecular flexibility index (Phi) is 5.83. The van der Waals surface area contributed by atoms with Gasteiger partial charge in [-0.2, -0.15) is 0 Å². The van der Waals surface area contributed by atoms with Gasteiger partial charge in [0.15, 0.2) is 0 Å². The highest BCUT2D eigenvalue weighted by atomic mass is 16.5. The smallest absolute Gasteiger partial charge is 0.130 e. The Morgan fingerprint density at radius 2 is 1.59 bits per heavy atom. The Labute approximate surface area is 161 Å². The molecule has 0 aromatic heterocycles. The quantitative estimate of drug-likeness (QED) is 0.686. The zero-order valence-corrected chi connectivity index (χ0v) is 15.4. The van der Waals surface area contributed by atoms with Gasteiger partial charge in [0, 0.05) is 19.0 Å². The number of hydrogen-bond donors (Lipinski definition) is 1. The van der Waals surface area contributed by atoms with Gasteiger partial charge in [0.2, 0.25) is 0 Å². The fourth-order valence-electron chi connectivity index (χ4n) is 3.63. The monoisotopic (exact) mass is 359 g/mol. The van der Waals surface area contributed by atoms with E-state index in [4.69, 9.17) is 9.47 Å². The number of ether oxygens (including phenoxy) is 2. The first-order valence-electron chi connectivity index (χ1n) is 9.58. The molecule has 0 bridgehead atoms. The molecule has 138 valence electrons. The molecule has 1 N–H and O–H groups in total. The largest absolute Gasteiger partial charge is 0.457 e. The lowest BCUT2D eigenvalue weighted by molar-refractivity contribution is 0.0109. The second-order valence-electron chi connectivity index (χ2n) is 6.86. The Balaban J connectivity index is 1.61. The molecule has 1 aliphatic rings. The molecule has 0 aliphatic carbocycles. The maximum atomic E-state index is 6.18. The van der Waals surface area contributed by atoms with Crippen molar-refractivity contribution in [2.24, 2.45) is 0 Å². The van der Waals surface area contributed by atoms with Crippen molar-refractivity contribution in [2.75, 3.05) is 19.7 Å². The summed E-state index contributed by atoms with van der Waals surface area (Å²) in [5.41, 5.74) is 2.50. The minimum atomic E-state index is 0.158. The predicted molar refractivity (Wildman–Crippen MR) is 108 cm³/mol. The average Bonchev–Trinajstić information content (AvgIpc) is 2.75. The van der Waals surface area contributed by atoms with Crippen LogP contribution in [-0.2, 0) is 11.2 Å². The molecule has 0 radical (unpaired) electrons. The van der Waals surface area contributed by atoms with E-state index in [1.807, 2.05) is 42.5 Å². The summed E-state index contributed by atoms with van der Waals surface area (Å²) in [6.07, 6.45) is 1.03. The summed E-state index contributed by atoms with van der Waals surface area (Å²) < 4.78 is 12.3. The van der Waals surface area contributed by atoms with Crippen molar-refractivity contribution in [3.8, 4) is 11.5 Å². The molecule has 3 heteroatoms. The number of rotatable bonds is 6. The lowest BCUT2D eigenvalue weighted by atomic mass is 9.86. The first-order valence-corrected chi connectivity index (χ1v) is 9.58. The van der Waals surface area contributed by atoms with Gasteiger partial charge in [0.05, 0.1) is 12.7 Å². The van der Waals surface area contributed by atoms with E-state index < -0.39 is 0 Å². The summed E-state index contributed by atoms with van der Waals surface area (Å²) >= 11 is 0. The van der Waals surface area contributed by atoms with Crippen LogP contribution in [0.25, 0.3) is 0 Å². The highest BCUT2D eigenvalue weighted by molar-refractivity contribution is 5.39. The number of para-hydroxylation sites is 2. The first kappa shape index (κ1) is 17.8. The molecule has 0 amide bonds. The topological polar surface area (TPSA) is 30.5 Å². The molecule has 3 nitrogen and oxygen atoms in total. The van der Waals surface area contributed by atoms with E-state index in [1.54, 1.807) is 0 Å². The minimum absolute atomic E-state index is 0.158. The minimum Gasteiger partial charge on any atom is -0.457 e. The van der Waals surface area contributed by atoms with Crippen molar-refractivity contribution in [3.63, 3.8) is 0 Å². The average molecular weight is 359 g/mol. The third-order valence-electron chi connectivity index (χ3n) is 5.02. The lowest BCUT2D eigenvalue weighted by Gasteiger charge is -2.32. The van der Waals surface area contributed by atoms with Crippen LogP contribution in [-0.4, -0.2) is 25.8 Å². The first-order chi connectivity index (χ1) is 13.4. The number of nitrogens with one attached hydrogen (secondary N) is 1. The third kappa shape index (κ3) is 4.57. The Morgan fingerprint density at radius 3 is 2.33 bits per heavy atom. The van der Waals surface area contributed by atoms with Gasteiger partial charge in [-0.3, -0.25) is 0 Å². The predicted octanol–water partition coefficient (Wildman–Crippen LogP) is 4.79. The highest BCUT2D eigenvalue weighted by Gasteiger charge is 2.27. The van der Waals surface area contributed by atoms with Gasteiger partial charge in [0.1, 0.15) is 11.5 Å². The molecule has 27 heavy (non-hydrogen) atoms. The van der Waals surface area contributed by atoms with Crippen molar-refractivity contribution in [1.29, 1.82) is 0 Å². The van der Waals surface area contributed by atoms with Crippen LogP contribution in [0.2, 0.25) is 0 Å². The molecule has 3 aromatic rings. The van der Waals surface area contributed by atoms with Crippen molar-refractivity contribution < 1.29 is 9.47 Å². The fourth-order valence-corrected chi connectivity index (χ4v) is 3.63. The molecule has 4 rings (SSSR count). The Morgan fingerprint density at radius 1 is 0.889 bits per heavy atom. The van der Waals surface area contributed by atoms with Gasteiger partial charge in [0.25, 0.3) is 0 Å². The lowest BCUT2D eigenvalue weighted by Crippen LogP contribution is -2.42. The fraction of sp³-hybridized carbons (Fsp3) is 0.250. The maximum absolute atomic E-state index is 6.18. The van der Waals surface area contributed by atoms with Crippen LogP contribution >= 0.6 is 0 Å². The number of benzene rings is 3. The van der Waals surface area contributed by atoms with Crippen molar-refractivity contribution in [2.45, 2.75) is 18.4 Å².